The normalized spacial score (nSPS) is 9.80. The number of anilines is 6. The summed E-state index contributed by atoms with van der Waals surface area (Å²) >= 11 is 0. The van der Waals surface area contributed by atoms with Crippen LogP contribution in [-0.2, 0) is 0 Å². The molecule has 0 bridgehead atoms. The van der Waals surface area contributed by atoms with Crippen LogP contribution in [0, 0.1) is 35.5 Å². The van der Waals surface area contributed by atoms with Crippen LogP contribution in [0.4, 0.5) is 48.5 Å². The molecule has 0 heterocycles. The van der Waals surface area contributed by atoms with E-state index in [9.17, 15) is 14.4 Å². The van der Waals surface area contributed by atoms with Gasteiger partial charge >= 0.3 is 18.1 Å². The van der Waals surface area contributed by atoms with Gasteiger partial charge < -0.3 is 31.9 Å². The van der Waals surface area contributed by atoms with Gasteiger partial charge in [0, 0.05) is 67.5 Å². The van der Waals surface area contributed by atoms with Crippen molar-refractivity contribution in [3.05, 3.63) is 215 Å². The number of urea groups is 3. The molecule has 288 valence electrons. The summed E-state index contributed by atoms with van der Waals surface area (Å²) in [5.74, 6) is 19.3. The SMILES string of the molecule is O=C(Nc1ccccc1)Nc1cccc(C#Cc2cc(C#Cc3cccc(NC(=O)Nc4ccccc4)c3)cc(C#Cc3cccc(NC(=O)Nc4ccccc4)c3)c2)c1. The average molecular weight is 781 g/mol. The quantitative estimate of drug-likeness (QED) is 0.0942. The van der Waals surface area contributed by atoms with Crippen molar-refractivity contribution in [3.8, 4) is 35.5 Å². The van der Waals surface area contributed by atoms with Gasteiger partial charge in [-0.2, -0.15) is 0 Å². The van der Waals surface area contributed by atoms with Gasteiger partial charge in [0.1, 0.15) is 0 Å². The Morgan fingerprint density at radius 1 is 0.250 bits per heavy atom. The molecule has 0 radical (unpaired) electrons. The molecule has 60 heavy (non-hydrogen) atoms. The standard InChI is InChI=1S/C51H36N6O3/c58-49(52-43-16-4-1-5-17-43)55-46-22-10-13-37(34-46)25-28-40-31-41(29-26-38-14-11-23-47(35-38)56-50(59)53-44-18-6-2-7-19-44)33-42(32-40)30-27-39-15-12-24-48(36-39)57-51(60)54-45-20-8-3-9-21-45/h1-24,31-36H,(H2,52,55,58)(H2,53,56,59)(H2,54,57,60). The first-order chi connectivity index (χ1) is 29.4. The topological polar surface area (TPSA) is 123 Å². The predicted molar refractivity (Wildman–Crippen MR) is 241 cm³/mol. The van der Waals surface area contributed by atoms with Gasteiger partial charge in [-0.15, -0.1) is 0 Å². The monoisotopic (exact) mass is 780 g/mol. The number of hydrogen-bond acceptors (Lipinski definition) is 3. The van der Waals surface area contributed by atoms with Crippen LogP contribution in [0.25, 0.3) is 0 Å². The zero-order chi connectivity index (χ0) is 41.4. The lowest BCUT2D eigenvalue weighted by atomic mass is 10.0. The highest BCUT2D eigenvalue weighted by Gasteiger charge is 2.06. The lowest BCUT2D eigenvalue weighted by Crippen LogP contribution is -2.19. The molecule has 0 saturated carbocycles. The number of nitrogens with one attached hydrogen (secondary N) is 6. The van der Waals surface area contributed by atoms with E-state index in [1.807, 2.05) is 146 Å². The summed E-state index contributed by atoms with van der Waals surface area (Å²) in [5.41, 5.74) is 7.90. The van der Waals surface area contributed by atoms with Crippen molar-refractivity contribution in [2.75, 3.05) is 31.9 Å². The van der Waals surface area contributed by atoms with E-state index in [0.717, 1.165) is 0 Å². The Labute approximate surface area is 348 Å². The summed E-state index contributed by atoms with van der Waals surface area (Å²) in [4.78, 5) is 37.8. The molecule has 0 saturated heterocycles. The van der Waals surface area contributed by atoms with Crippen molar-refractivity contribution in [2.24, 2.45) is 0 Å². The molecular weight excluding hydrogens is 745 g/mol. The molecule has 9 nitrogen and oxygen atoms in total. The molecule has 0 fully saturated rings. The number of benzene rings is 7. The summed E-state index contributed by atoms with van der Waals surface area (Å²) in [5, 5.41) is 17.0. The molecule has 0 unspecified atom stereocenters. The summed E-state index contributed by atoms with van der Waals surface area (Å²) < 4.78 is 0. The van der Waals surface area contributed by atoms with Crippen molar-refractivity contribution in [2.45, 2.75) is 0 Å². The number of para-hydroxylation sites is 3. The maximum atomic E-state index is 12.6. The van der Waals surface area contributed by atoms with E-state index in [4.69, 9.17) is 0 Å². The van der Waals surface area contributed by atoms with Crippen molar-refractivity contribution < 1.29 is 14.4 Å². The summed E-state index contributed by atoms with van der Waals surface area (Å²) in [6.45, 7) is 0. The summed E-state index contributed by atoms with van der Waals surface area (Å²) in [7, 11) is 0. The third-order valence-corrected chi connectivity index (χ3v) is 8.44. The van der Waals surface area contributed by atoms with Crippen molar-refractivity contribution in [1.82, 2.24) is 0 Å². The van der Waals surface area contributed by atoms with E-state index in [1.165, 1.54) is 0 Å². The molecule has 0 aliphatic rings. The Bertz CT molecular complexity index is 2520. The van der Waals surface area contributed by atoms with Gasteiger partial charge in [-0.05, 0) is 109 Å². The first-order valence-electron chi connectivity index (χ1n) is 18.8. The Kier molecular flexibility index (Phi) is 12.9. The second-order valence-electron chi connectivity index (χ2n) is 13.1. The molecule has 0 atom stereocenters. The number of hydrogen-bond donors (Lipinski definition) is 6. The molecule has 7 aromatic carbocycles. The highest BCUT2D eigenvalue weighted by atomic mass is 16.2. The Hall–Kier alpha value is -8.97. The fourth-order valence-corrected chi connectivity index (χ4v) is 5.75. The van der Waals surface area contributed by atoms with Crippen LogP contribution in [0.1, 0.15) is 33.4 Å². The smallest absolute Gasteiger partial charge is 0.308 e. The van der Waals surface area contributed by atoms with E-state index in [0.29, 0.717) is 67.5 Å². The van der Waals surface area contributed by atoms with Gasteiger partial charge in [0.15, 0.2) is 0 Å². The van der Waals surface area contributed by atoms with Gasteiger partial charge in [0.25, 0.3) is 0 Å². The first kappa shape index (κ1) is 39.3. The zero-order valence-corrected chi connectivity index (χ0v) is 32.0. The van der Waals surface area contributed by atoms with Gasteiger partial charge in [-0.25, -0.2) is 14.4 Å². The van der Waals surface area contributed by atoms with Gasteiger partial charge in [-0.3, -0.25) is 0 Å². The predicted octanol–water partition coefficient (Wildman–Crippen LogP) is 10.8. The molecule has 0 spiro atoms. The van der Waals surface area contributed by atoms with Crippen LogP contribution >= 0.6 is 0 Å². The number of carbonyl (C=O) groups excluding carboxylic acids is 3. The Balaban J connectivity index is 1.12. The molecule has 6 amide bonds. The molecule has 7 aromatic rings. The average Bonchev–Trinajstić information content (AvgIpc) is 3.25. The zero-order valence-electron chi connectivity index (χ0n) is 32.0. The molecule has 0 aromatic heterocycles. The van der Waals surface area contributed by atoms with Crippen LogP contribution in [0.2, 0.25) is 0 Å². The molecule has 7 rings (SSSR count). The first-order valence-corrected chi connectivity index (χ1v) is 18.8. The van der Waals surface area contributed by atoms with Gasteiger partial charge in [0.2, 0.25) is 0 Å². The maximum absolute atomic E-state index is 12.6. The lowest BCUT2D eigenvalue weighted by Gasteiger charge is -2.07. The number of carbonyl (C=O) groups is 3. The van der Waals surface area contributed by atoms with E-state index in [2.05, 4.69) is 67.4 Å². The molecule has 0 aliphatic carbocycles. The van der Waals surface area contributed by atoms with E-state index >= 15 is 0 Å². The highest BCUT2D eigenvalue weighted by molar-refractivity contribution is 6.01. The van der Waals surface area contributed by atoms with Gasteiger partial charge in [-0.1, -0.05) is 108 Å². The van der Waals surface area contributed by atoms with Crippen LogP contribution in [0.15, 0.2) is 182 Å². The second-order valence-corrected chi connectivity index (χ2v) is 13.1. The largest absolute Gasteiger partial charge is 0.323 e. The number of amides is 6. The fourth-order valence-electron chi connectivity index (χ4n) is 5.75. The third kappa shape index (κ3) is 12.3. The molecular formula is C51H36N6O3. The van der Waals surface area contributed by atoms with Crippen molar-refractivity contribution in [3.63, 3.8) is 0 Å². The van der Waals surface area contributed by atoms with E-state index in [1.54, 1.807) is 36.4 Å². The summed E-state index contributed by atoms with van der Waals surface area (Å²) in [6.07, 6.45) is 0. The molecule has 9 heteroatoms. The lowest BCUT2D eigenvalue weighted by molar-refractivity contribution is 0.261. The van der Waals surface area contributed by atoms with Crippen LogP contribution in [0.5, 0.6) is 0 Å². The molecule has 6 N–H and O–H groups in total. The Morgan fingerprint density at radius 3 is 0.767 bits per heavy atom. The van der Waals surface area contributed by atoms with Crippen LogP contribution in [0.3, 0.4) is 0 Å². The van der Waals surface area contributed by atoms with E-state index < -0.39 is 0 Å². The highest BCUT2D eigenvalue weighted by Crippen LogP contribution is 2.16. The van der Waals surface area contributed by atoms with Crippen LogP contribution in [-0.4, -0.2) is 18.1 Å². The Morgan fingerprint density at radius 2 is 0.483 bits per heavy atom. The minimum atomic E-state index is -0.366. The fraction of sp³-hybridized carbons (Fsp3) is 0. The second kappa shape index (κ2) is 19.8. The van der Waals surface area contributed by atoms with E-state index in [-0.39, 0.29) is 18.1 Å². The van der Waals surface area contributed by atoms with Crippen molar-refractivity contribution >= 4 is 52.2 Å². The van der Waals surface area contributed by atoms with Crippen LogP contribution < -0.4 is 31.9 Å². The van der Waals surface area contributed by atoms with Gasteiger partial charge in [0.05, 0.1) is 0 Å². The molecule has 0 aliphatic heterocycles. The maximum Gasteiger partial charge on any atom is 0.323 e. The summed E-state index contributed by atoms with van der Waals surface area (Å²) in [6, 6.07) is 53.9. The third-order valence-electron chi connectivity index (χ3n) is 8.44. The minimum absolute atomic E-state index is 0.366. The minimum Gasteiger partial charge on any atom is -0.308 e. The number of rotatable bonds is 6. The van der Waals surface area contributed by atoms with Crippen molar-refractivity contribution in [1.29, 1.82) is 0 Å².